The molecule has 1 aromatic carbocycles. The highest BCUT2D eigenvalue weighted by molar-refractivity contribution is 5.27. The minimum atomic E-state index is -0.422. The molecule has 1 saturated carbocycles. The molecule has 2 rings (SSSR count). The molecule has 3 N–H and O–H groups in total. The molecule has 3 nitrogen and oxygen atoms in total. The van der Waals surface area contributed by atoms with E-state index in [9.17, 15) is 5.11 Å². The molecule has 1 aromatic rings. The number of hydrogen-bond donors (Lipinski definition) is 2. The van der Waals surface area contributed by atoms with E-state index in [1.807, 2.05) is 0 Å². The second kappa shape index (κ2) is 13.3. The van der Waals surface area contributed by atoms with Gasteiger partial charge < -0.3 is 15.6 Å². The van der Waals surface area contributed by atoms with Crippen LogP contribution in [0.15, 0.2) is 24.3 Å². The lowest BCUT2D eigenvalue weighted by Gasteiger charge is -2.35. The summed E-state index contributed by atoms with van der Waals surface area (Å²) in [6, 6.07) is 8.44. The predicted molar refractivity (Wildman–Crippen MR) is 123 cm³/mol. The van der Waals surface area contributed by atoms with Crippen LogP contribution in [-0.4, -0.2) is 23.9 Å². The number of rotatable bonds is 16. The van der Waals surface area contributed by atoms with Gasteiger partial charge in [-0.3, -0.25) is 0 Å². The van der Waals surface area contributed by atoms with Crippen LogP contribution in [0.4, 0.5) is 0 Å². The molecule has 29 heavy (non-hydrogen) atoms. The first-order valence-electron chi connectivity index (χ1n) is 12.1. The van der Waals surface area contributed by atoms with E-state index in [2.05, 4.69) is 38.1 Å². The van der Waals surface area contributed by atoms with Crippen molar-refractivity contribution < 1.29 is 9.84 Å². The number of aryl methyl sites for hydroxylation is 1. The molecule has 0 radical (unpaired) electrons. The maximum Gasteiger partial charge on any atom is 0.119 e. The van der Waals surface area contributed by atoms with Gasteiger partial charge in [-0.05, 0) is 55.2 Å². The van der Waals surface area contributed by atoms with Crippen molar-refractivity contribution in [3.8, 4) is 5.75 Å². The Bertz CT molecular complexity index is 538. The highest BCUT2D eigenvalue weighted by atomic mass is 16.5. The van der Waals surface area contributed by atoms with Crippen molar-refractivity contribution in [2.45, 2.75) is 103 Å². The molecule has 0 spiro atoms. The summed E-state index contributed by atoms with van der Waals surface area (Å²) in [4.78, 5) is 0. The van der Waals surface area contributed by atoms with Crippen LogP contribution in [0.5, 0.6) is 5.75 Å². The van der Waals surface area contributed by atoms with E-state index in [0.29, 0.717) is 0 Å². The molecule has 0 unspecified atom stereocenters. The van der Waals surface area contributed by atoms with Gasteiger partial charge in [0.05, 0.1) is 13.2 Å². The summed E-state index contributed by atoms with van der Waals surface area (Å²) in [5.41, 5.74) is 7.31. The lowest BCUT2D eigenvalue weighted by atomic mass is 9.75. The molecule has 0 heterocycles. The predicted octanol–water partition coefficient (Wildman–Crippen LogP) is 6.26. The van der Waals surface area contributed by atoms with E-state index in [0.717, 1.165) is 49.9 Å². The average molecular weight is 404 g/mol. The van der Waals surface area contributed by atoms with Crippen LogP contribution in [0.25, 0.3) is 0 Å². The van der Waals surface area contributed by atoms with Gasteiger partial charge in [0.2, 0.25) is 0 Å². The number of hydrogen-bond acceptors (Lipinski definition) is 3. The fourth-order valence-electron chi connectivity index (χ4n) is 4.21. The first kappa shape index (κ1) is 24.2. The first-order chi connectivity index (χ1) is 14.0. The third kappa shape index (κ3) is 10.00. The highest BCUT2D eigenvalue weighted by Gasteiger charge is 2.30. The van der Waals surface area contributed by atoms with E-state index < -0.39 is 5.54 Å². The number of nitrogens with two attached hydrogens (primary N) is 1. The number of aliphatic hydroxyl groups excluding tert-OH is 1. The molecule has 0 saturated heterocycles. The van der Waals surface area contributed by atoms with Crippen LogP contribution in [0.2, 0.25) is 0 Å². The number of aliphatic hydroxyl groups is 1. The van der Waals surface area contributed by atoms with Gasteiger partial charge in [0.25, 0.3) is 0 Å². The lowest BCUT2D eigenvalue weighted by Crippen LogP contribution is -2.46. The molecule has 3 heteroatoms. The summed E-state index contributed by atoms with van der Waals surface area (Å²) in [5.74, 6) is 2.53. The maximum absolute atomic E-state index is 9.75. The van der Waals surface area contributed by atoms with Crippen LogP contribution in [0, 0.1) is 11.8 Å². The zero-order valence-corrected chi connectivity index (χ0v) is 19.0. The van der Waals surface area contributed by atoms with Gasteiger partial charge in [-0.25, -0.2) is 0 Å². The van der Waals surface area contributed by atoms with Crippen LogP contribution < -0.4 is 10.5 Å². The Morgan fingerprint density at radius 1 is 1.03 bits per heavy atom. The van der Waals surface area contributed by atoms with E-state index >= 15 is 0 Å². The van der Waals surface area contributed by atoms with E-state index in [1.54, 1.807) is 0 Å². The Hall–Kier alpha value is -1.06. The minimum absolute atomic E-state index is 0.0857. The van der Waals surface area contributed by atoms with Crippen molar-refractivity contribution in [3.63, 3.8) is 0 Å². The summed E-state index contributed by atoms with van der Waals surface area (Å²) >= 11 is 0. The van der Waals surface area contributed by atoms with Gasteiger partial charge in [0, 0.05) is 5.54 Å². The summed E-state index contributed by atoms with van der Waals surface area (Å²) in [6.45, 7) is 5.51. The molecule has 1 fully saturated rings. The van der Waals surface area contributed by atoms with Crippen LogP contribution in [-0.2, 0) is 6.42 Å². The van der Waals surface area contributed by atoms with Crippen LogP contribution in [0.3, 0.4) is 0 Å². The average Bonchev–Trinajstić information content (AvgIpc) is 2.69. The molecule has 1 atom stereocenters. The van der Waals surface area contributed by atoms with Crippen LogP contribution >= 0.6 is 0 Å². The summed E-state index contributed by atoms with van der Waals surface area (Å²) in [6.07, 6.45) is 15.8. The van der Waals surface area contributed by atoms with Crippen molar-refractivity contribution in [2.24, 2.45) is 17.6 Å². The highest BCUT2D eigenvalue weighted by Crippen LogP contribution is 2.34. The standard InChI is InChI=1S/C26H45NO2/c1-22(2)10-7-5-3-4-6-8-19-29-25-15-13-23(14-16-25)17-18-26(27,21-28)20-24-11-9-12-24/h13-16,22,24,28H,3-12,17-21,27H2,1-2H3/t26-/m0/s1. The summed E-state index contributed by atoms with van der Waals surface area (Å²) in [5, 5.41) is 9.75. The van der Waals surface area contributed by atoms with Crippen molar-refractivity contribution in [1.29, 1.82) is 0 Å². The second-order valence-corrected chi connectivity index (χ2v) is 9.82. The van der Waals surface area contributed by atoms with Crippen LogP contribution in [0.1, 0.15) is 96.5 Å². The molecule has 0 aliphatic heterocycles. The van der Waals surface area contributed by atoms with Gasteiger partial charge in [0.1, 0.15) is 5.75 Å². The smallest absolute Gasteiger partial charge is 0.119 e. The molecule has 166 valence electrons. The maximum atomic E-state index is 9.75. The summed E-state index contributed by atoms with van der Waals surface area (Å²) < 4.78 is 5.90. The Labute approximate surface area is 179 Å². The van der Waals surface area contributed by atoms with Gasteiger partial charge in [0.15, 0.2) is 0 Å². The Morgan fingerprint density at radius 3 is 2.28 bits per heavy atom. The fourth-order valence-corrected chi connectivity index (χ4v) is 4.21. The Morgan fingerprint density at radius 2 is 1.69 bits per heavy atom. The zero-order chi connectivity index (χ0) is 21.0. The van der Waals surface area contributed by atoms with E-state index in [1.165, 1.54) is 63.4 Å². The topological polar surface area (TPSA) is 55.5 Å². The Kier molecular flexibility index (Phi) is 11.1. The third-order valence-corrected chi connectivity index (χ3v) is 6.51. The largest absolute Gasteiger partial charge is 0.494 e. The molecule has 0 aromatic heterocycles. The van der Waals surface area contributed by atoms with E-state index in [-0.39, 0.29) is 6.61 Å². The Balaban J connectivity index is 1.56. The molecule has 0 bridgehead atoms. The first-order valence-corrected chi connectivity index (χ1v) is 12.1. The third-order valence-electron chi connectivity index (χ3n) is 6.51. The normalized spacial score (nSPS) is 16.6. The van der Waals surface area contributed by atoms with Gasteiger partial charge in [-0.2, -0.15) is 0 Å². The number of ether oxygens (including phenoxy) is 1. The van der Waals surface area contributed by atoms with Crippen molar-refractivity contribution in [1.82, 2.24) is 0 Å². The molecular weight excluding hydrogens is 358 g/mol. The zero-order valence-electron chi connectivity index (χ0n) is 19.0. The minimum Gasteiger partial charge on any atom is -0.494 e. The lowest BCUT2D eigenvalue weighted by molar-refractivity contribution is 0.135. The number of benzene rings is 1. The van der Waals surface area contributed by atoms with Crippen molar-refractivity contribution >= 4 is 0 Å². The molecule has 0 amide bonds. The second-order valence-electron chi connectivity index (χ2n) is 9.82. The summed E-state index contributed by atoms with van der Waals surface area (Å²) in [7, 11) is 0. The van der Waals surface area contributed by atoms with Crippen molar-refractivity contribution in [2.75, 3.05) is 13.2 Å². The van der Waals surface area contributed by atoms with Gasteiger partial charge in [-0.1, -0.05) is 83.8 Å². The fraction of sp³-hybridized carbons (Fsp3) is 0.769. The number of unbranched alkanes of at least 4 members (excludes halogenated alkanes) is 5. The van der Waals surface area contributed by atoms with Crippen molar-refractivity contribution in [3.05, 3.63) is 29.8 Å². The SMILES string of the molecule is CC(C)CCCCCCCCOc1ccc(CC[C@@](N)(CO)CC2CCC2)cc1. The van der Waals surface area contributed by atoms with E-state index in [4.69, 9.17) is 10.5 Å². The van der Waals surface area contributed by atoms with Gasteiger partial charge >= 0.3 is 0 Å². The van der Waals surface area contributed by atoms with Gasteiger partial charge in [-0.15, -0.1) is 0 Å². The molecule has 1 aliphatic carbocycles. The quantitative estimate of drug-likeness (QED) is 0.320. The monoisotopic (exact) mass is 403 g/mol. The molecular formula is C26H45NO2. The molecule has 1 aliphatic rings.